The zero-order valence-electron chi connectivity index (χ0n) is 18.2. The molecule has 1 aliphatic heterocycles. The number of rotatable bonds is 6. The van der Waals surface area contributed by atoms with Crippen LogP contribution in [-0.2, 0) is 15.0 Å². The second kappa shape index (κ2) is 7.71. The smallest absolute Gasteiger partial charge is 0.305 e. The van der Waals surface area contributed by atoms with Crippen molar-refractivity contribution in [2.24, 2.45) is 11.3 Å². The van der Waals surface area contributed by atoms with Crippen LogP contribution in [0.3, 0.4) is 0 Å². The van der Waals surface area contributed by atoms with Crippen molar-refractivity contribution in [2.75, 3.05) is 6.54 Å². The maximum Gasteiger partial charge on any atom is 0.305 e. The maximum atomic E-state index is 12.8. The fraction of sp³-hybridized carbons (Fsp3) is 0.600. The summed E-state index contributed by atoms with van der Waals surface area (Å²) >= 11 is 6.77. The number of benzene rings is 1. The van der Waals surface area contributed by atoms with Crippen molar-refractivity contribution in [3.05, 3.63) is 46.1 Å². The van der Waals surface area contributed by atoms with Crippen LogP contribution >= 0.6 is 11.6 Å². The normalized spacial score (nSPS) is 25.8. The average molecular weight is 430 g/mol. The van der Waals surface area contributed by atoms with Crippen molar-refractivity contribution in [2.45, 2.75) is 77.0 Å². The lowest BCUT2D eigenvalue weighted by molar-refractivity contribution is -0.138. The van der Waals surface area contributed by atoms with E-state index in [1.807, 2.05) is 6.20 Å². The van der Waals surface area contributed by atoms with Crippen LogP contribution < -0.4 is 0 Å². The van der Waals surface area contributed by atoms with E-state index < -0.39 is 11.4 Å². The molecule has 1 aromatic carbocycles. The summed E-state index contributed by atoms with van der Waals surface area (Å²) in [6, 6.07) is 6.40. The highest BCUT2D eigenvalue weighted by molar-refractivity contribution is 6.31. The number of halogens is 1. The molecule has 2 fully saturated rings. The Morgan fingerprint density at radius 1 is 1.30 bits per heavy atom. The number of aliphatic carboxylic acids is 1. The standard InChI is InChI=1S/C25H32ClNO3/c1-16(2)20-15-27(10-7-23(29)30)22(28)14-24(20,3)18-5-6-19(21(26)11-18)17-12-25(13-17)8-4-9-25/h5-6,11,15-17H,4,7-10,12-14H2,1-3H3,(H,29,30)/t24-/m0/s1. The van der Waals surface area contributed by atoms with Gasteiger partial charge in [-0.25, -0.2) is 0 Å². The van der Waals surface area contributed by atoms with Gasteiger partial charge in [-0.2, -0.15) is 0 Å². The first-order valence-electron chi connectivity index (χ1n) is 11.2. The van der Waals surface area contributed by atoms with Crippen molar-refractivity contribution >= 4 is 23.5 Å². The third-order valence-corrected chi connectivity index (χ3v) is 8.12. The minimum Gasteiger partial charge on any atom is -0.481 e. The van der Waals surface area contributed by atoms with Crippen molar-refractivity contribution in [3.8, 4) is 0 Å². The molecule has 1 spiro atoms. The summed E-state index contributed by atoms with van der Waals surface area (Å²) < 4.78 is 0. The fourth-order valence-corrected chi connectivity index (χ4v) is 6.18. The molecule has 0 unspecified atom stereocenters. The summed E-state index contributed by atoms with van der Waals surface area (Å²) in [5.74, 6) is -0.120. The van der Waals surface area contributed by atoms with Crippen molar-refractivity contribution in [1.29, 1.82) is 0 Å². The molecular formula is C25H32ClNO3. The number of carboxylic acid groups (broad SMARTS) is 1. The van der Waals surface area contributed by atoms with Gasteiger partial charge in [0.25, 0.3) is 0 Å². The zero-order chi connectivity index (χ0) is 21.7. The molecule has 1 N–H and O–H groups in total. The predicted octanol–water partition coefficient (Wildman–Crippen LogP) is 5.89. The third kappa shape index (κ3) is 3.68. The Morgan fingerprint density at radius 3 is 2.53 bits per heavy atom. The highest BCUT2D eigenvalue weighted by atomic mass is 35.5. The van der Waals surface area contributed by atoms with Gasteiger partial charge in [0.05, 0.1) is 6.42 Å². The molecule has 1 heterocycles. The third-order valence-electron chi connectivity index (χ3n) is 7.80. The quantitative estimate of drug-likeness (QED) is 0.613. The lowest BCUT2D eigenvalue weighted by atomic mass is 9.50. The Balaban J connectivity index is 1.59. The number of allylic oxidation sites excluding steroid dienone is 1. The van der Waals surface area contributed by atoms with Gasteiger partial charge in [-0.1, -0.05) is 50.9 Å². The molecular weight excluding hydrogens is 398 g/mol. The first kappa shape index (κ1) is 21.4. The van der Waals surface area contributed by atoms with E-state index in [4.69, 9.17) is 16.7 Å². The molecule has 3 aliphatic rings. The monoisotopic (exact) mass is 429 g/mol. The molecule has 1 atom stereocenters. The van der Waals surface area contributed by atoms with Crippen LogP contribution in [0.15, 0.2) is 30.0 Å². The van der Waals surface area contributed by atoms with Gasteiger partial charge in [0.15, 0.2) is 0 Å². The van der Waals surface area contributed by atoms with E-state index in [0.717, 1.165) is 16.2 Å². The van der Waals surface area contributed by atoms with E-state index in [-0.39, 0.29) is 24.8 Å². The highest BCUT2D eigenvalue weighted by Gasteiger charge is 2.49. The van der Waals surface area contributed by atoms with Crippen LogP contribution in [0.25, 0.3) is 0 Å². The van der Waals surface area contributed by atoms with Gasteiger partial charge < -0.3 is 10.0 Å². The van der Waals surface area contributed by atoms with E-state index in [9.17, 15) is 9.59 Å². The van der Waals surface area contributed by atoms with Crippen LogP contribution in [-0.4, -0.2) is 28.4 Å². The number of nitrogens with zero attached hydrogens (tertiary/aromatic N) is 1. The summed E-state index contributed by atoms with van der Waals surface area (Å²) in [5.41, 5.74) is 3.65. The minimum absolute atomic E-state index is 0.0331. The lowest BCUT2D eigenvalue weighted by Gasteiger charge is -2.54. The van der Waals surface area contributed by atoms with Crippen molar-refractivity contribution < 1.29 is 14.7 Å². The lowest BCUT2D eigenvalue weighted by Crippen LogP contribution is -2.43. The van der Waals surface area contributed by atoms with Crippen LogP contribution in [0.4, 0.5) is 0 Å². The molecule has 0 aromatic heterocycles. The van der Waals surface area contributed by atoms with Gasteiger partial charge in [0.2, 0.25) is 5.91 Å². The fourth-order valence-electron chi connectivity index (χ4n) is 5.84. The Hall–Kier alpha value is -1.81. The number of carboxylic acids is 1. The molecule has 162 valence electrons. The molecule has 30 heavy (non-hydrogen) atoms. The van der Waals surface area contributed by atoms with E-state index in [1.54, 1.807) is 4.90 Å². The number of hydrogen-bond donors (Lipinski definition) is 1. The van der Waals surface area contributed by atoms with Crippen LogP contribution in [0.5, 0.6) is 0 Å². The summed E-state index contributed by atoms with van der Waals surface area (Å²) in [4.78, 5) is 25.4. The van der Waals surface area contributed by atoms with Crippen molar-refractivity contribution in [1.82, 2.24) is 4.90 Å². The second-order valence-corrected chi connectivity index (χ2v) is 10.6. The maximum absolute atomic E-state index is 12.8. The molecule has 2 saturated carbocycles. The van der Waals surface area contributed by atoms with Gasteiger partial charge >= 0.3 is 5.97 Å². The topological polar surface area (TPSA) is 57.6 Å². The molecule has 1 aromatic rings. The average Bonchev–Trinajstić information content (AvgIpc) is 2.59. The summed E-state index contributed by atoms with van der Waals surface area (Å²) in [6.07, 6.45) is 8.81. The van der Waals surface area contributed by atoms with Gasteiger partial charge in [0, 0.05) is 29.6 Å². The van der Waals surface area contributed by atoms with Gasteiger partial charge in [0.1, 0.15) is 0 Å². The van der Waals surface area contributed by atoms with Gasteiger partial charge in [-0.15, -0.1) is 0 Å². The predicted molar refractivity (Wildman–Crippen MR) is 119 cm³/mol. The number of hydrogen-bond acceptors (Lipinski definition) is 2. The second-order valence-electron chi connectivity index (χ2n) is 10.2. The first-order valence-corrected chi connectivity index (χ1v) is 11.5. The Kier molecular flexibility index (Phi) is 5.50. The number of amides is 1. The Bertz CT molecular complexity index is 894. The molecule has 5 heteroatoms. The zero-order valence-corrected chi connectivity index (χ0v) is 19.0. The summed E-state index contributed by atoms with van der Waals surface area (Å²) in [7, 11) is 0. The van der Waals surface area contributed by atoms with E-state index in [1.165, 1.54) is 37.7 Å². The number of carbonyl (C=O) groups is 2. The highest BCUT2D eigenvalue weighted by Crippen LogP contribution is 2.62. The van der Waals surface area contributed by atoms with E-state index >= 15 is 0 Å². The Morgan fingerprint density at radius 2 is 2.00 bits per heavy atom. The van der Waals surface area contributed by atoms with E-state index in [0.29, 0.717) is 17.8 Å². The van der Waals surface area contributed by atoms with Crippen LogP contribution in [0, 0.1) is 11.3 Å². The summed E-state index contributed by atoms with van der Waals surface area (Å²) in [6.45, 7) is 6.57. The summed E-state index contributed by atoms with van der Waals surface area (Å²) in [5, 5.41) is 9.81. The molecule has 0 bridgehead atoms. The largest absolute Gasteiger partial charge is 0.481 e. The first-order chi connectivity index (χ1) is 14.1. The molecule has 2 aliphatic carbocycles. The number of carbonyl (C=O) groups excluding carboxylic acids is 1. The molecule has 4 rings (SSSR count). The molecule has 0 saturated heterocycles. The molecule has 0 radical (unpaired) electrons. The molecule has 1 amide bonds. The van der Waals surface area contributed by atoms with Gasteiger partial charge in [-0.05, 0) is 65.7 Å². The minimum atomic E-state index is -0.891. The van der Waals surface area contributed by atoms with Crippen molar-refractivity contribution in [3.63, 3.8) is 0 Å². The Labute approximate surface area is 184 Å². The van der Waals surface area contributed by atoms with Crippen LogP contribution in [0.2, 0.25) is 5.02 Å². The van der Waals surface area contributed by atoms with Gasteiger partial charge in [-0.3, -0.25) is 9.59 Å². The van der Waals surface area contributed by atoms with Crippen LogP contribution in [0.1, 0.15) is 82.8 Å². The molecule has 4 nitrogen and oxygen atoms in total. The van der Waals surface area contributed by atoms with E-state index in [2.05, 4.69) is 39.0 Å². The SMILES string of the molecule is CC(C)C1=CN(CCC(=O)O)C(=O)C[C@@]1(C)c1ccc(C2CC3(CCC3)C2)c(Cl)c1.